The van der Waals surface area contributed by atoms with Gasteiger partial charge in [-0.15, -0.1) is 0 Å². The van der Waals surface area contributed by atoms with E-state index in [2.05, 4.69) is 15.9 Å². The van der Waals surface area contributed by atoms with E-state index in [1.807, 2.05) is 0 Å². The van der Waals surface area contributed by atoms with Crippen LogP contribution in [0.25, 0.3) is 0 Å². The molecule has 0 rings (SSSR count). The molecule has 0 spiro atoms. The number of hydrogen-bond donors (Lipinski definition) is 1. The zero-order chi connectivity index (χ0) is 6.78. The normalized spacial score (nSPS) is 17.4. The molecule has 0 aromatic heterocycles. The van der Waals surface area contributed by atoms with Crippen LogP contribution in [-0.2, 0) is 13.4 Å². The van der Waals surface area contributed by atoms with Crippen molar-refractivity contribution in [3.8, 4) is 0 Å². The highest BCUT2D eigenvalue weighted by molar-refractivity contribution is 7.71. The Balaban J connectivity index is 4.15. The van der Waals surface area contributed by atoms with Crippen LogP contribution < -0.4 is 0 Å². The van der Waals surface area contributed by atoms with Gasteiger partial charge < -0.3 is 4.89 Å². The number of carbonyl (C=O) groups excluding carboxylic acids is 1. The van der Waals surface area contributed by atoms with Crippen LogP contribution in [0.2, 0.25) is 0 Å². The molecule has 0 radical (unpaired) electrons. The zero-order valence-corrected chi connectivity index (χ0v) is 5.65. The predicted molar refractivity (Wildman–Crippen MR) is 27.4 cm³/mol. The van der Waals surface area contributed by atoms with E-state index in [9.17, 15) is 9.36 Å². The lowest BCUT2D eigenvalue weighted by molar-refractivity contribution is -0.111. The van der Waals surface area contributed by atoms with E-state index in [0.29, 0.717) is 0 Å². The van der Waals surface area contributed by atoms with Crippen molar-refractivity contribution < 1.29 is 18.3 Å². The Hall–Kier alpha value is 0.110. The first-order valence-corrected chi connectivity index (χ1v) is 3.53. The van der Waals surface area contributed by atoms with Gasteiger partial charge in [0.05, 0.1) is 11.9 Å². The van der Waals surface area contributed by atoms with Gasteiger partial charge in [0.2, 0.25) is 5.52 Å². The lowest BCUT2D eigenvalue weighted by Gasteiger charge is -1.97. The number of rotatable bonds is 2. The van der Waals surface area contributed by atoms with Crippen molar-refractivity contribution in [1.82, 2.24) is 0 Å². The fourth-order valence-corrected chi connectivity index (χ4v) is 0.437. The minimum Gasteiger partial charge on any atom is -0.318 e. The lowest BCUT2D eigenvalue weighted by atomic mass is 10.9. The Morgan fingerprint density at radius 3 is 2.25 bits per heavy atom. The highest BCUT2D eigenvalue weighted by Gasteiger charge is 2.25. The second-order valence-corrected chi connectivity index (χ2v) is 3.33. The summed E-state index contributed by atoms with van der Waals surface area (Å²) in [7, 11) is -4.12. The van der Waals surface area contributed by atoms with Gasteiger partial charge in [0, 0.05) is 6.92 Å². The van der Waals surface area contributed by atoms with E-state index in [-0.39, 0.29) is 0 Å². The fourth-order valence-electron chi connectivity index (χ4n) is 0.0486. The number of carbonyl (C=O) groups is 1. The van der Waals surface area contributed by atoms with Crippen LogP contribution in [-0.4, -0.2) is 10.4 Å². The van der Waals surface area contributed by atoms with Crippen LogP contribution in [0.1, 0.15) is 6.92 Å². The fraction of sp³-hybridized carbons (Fsp3) is 0.500. The summed E-state index contributed by atoms with van der Waals surface area (Å²) in [6.07, 6.45) is 0. The summed E-state index contributed by atoms with van der Waals surface area (Å²) in [5.74, 6) is 0. The number of hydrogen-bond acceptors (Lipinski definition) is 3. The van der Waals surface area contributed by atoms with Gasteiger partial charge in [0.1, 0.15) is 0 Å². The van der Waals surface area contributed by atoms with Crippen molar-refractivity contribution in [3.05, 3.63) is 0 Å². The zero-order valence-electron chi connectivity index (χ0n) is 4.00. The average molecular weight is 158 g/mol. The van der Waals surface area contributed by atoms with Crippen LogP contribution in [0.3, 0.4) is 0 Å². The molecule has 0 fully saturated rings. The van der Waals surface area contributed by atoms with E-state index in [4.69, 9.17) is 4.89 Å². The molecule has 0 aliphatic carbocycles. The summed E-state index contributed by atoms with van der Waals surface area (Å²) < 4.78 is 13.6. The molecule has 0 aromatic carbocycles. The van der Waals surface area contributed by atoms with E-state index in [0.717, 1.165) is 6.92 Å². The molecule has 4 nitrogen and oxygen atoms in total. The van der Waals surface area contributed by atoms with Gasteiger partial charge in [-0.3, -0.25) is 9.36 Å². The largest absolute Gasteiger partial charge is 0.410 e. The molecule has 0 amide bonds. The molecular weight excluding hydrogens is 154 g/mol. The highest BCUT2D eigenvalue weighted by Crippen LogP contribution is 2.43. The Labute approximate surface area is 51.1 Å². The second-order valence-electron chi connectivity index (χ2n) is 1.11. The monoisotopic (exact) mass is 158 g/mol. The van der Waals surface area contributed by atoms with Crippen molar-refractivity contribution in [2.75, 3.05) is 0 Å². The van der Waals surface area contributed by atoms with Crippen LogP contribution in [0, 0.1) is 0 Å². The summed E-state index contributed by atoms with van der Waals surface area (Å²) >= 11 is 4.45. The number of halogens is 1. The van der Waals surface area contributed by atoms with Gasteiger partial charge in [-0.2, -0.15) is 4.08 Å². The quantitative estimate of drug-likeness (QED) is 0.606. The maximum atomic E-state index is 10.1. The van der Waals surface area contributed by atoms with Crippen LogP contribution in [0.4, 0.5) is 0 Å². The van der Waals surface area contributed by atoms with Crippen molar-refractivity contribution in [1.29, 1.82) is 0 Å². The van der Waals surface area contributed by atoms with Gasteiger partial charge in [0.15, 0.2) is 0 Å². The first kappa shape index (κ1) is 8.11. The molecule has 48 valence electrons. The first-order chi connectivity index (χ1) is 3.50. The molecule has 0 aliphatic rings. The second kappa shape index (κ2) is 2.60. The molecule has 0 bridgehead atoms. The van der Waals surface area contributed by atoms with Gasteiger partial charge in [-0.1, -0.05) is 0 Å². The smallest absolute Gasteiger partial charge is 0.318 e. The maximum absolute atomic E-state index is 10.1. The molecule has 0 heterocycles. The summed E-state index contributed by atoms with van der Waals surface area (Å²) in [5.41, 5.74) is -0.965. The Morgan fingerprint density at radius 2 is 2.25 bits per heavy atom. The molecule has 0 aliphatic heterocycles. The van der Waals surface area contributed by atoms with Crippen LogP contribution in [0.5, 0.6) is 0 Å². The summed E-state index contributed by atoms with van der Waals surface area (Å²) in [6.45, 7) is 0.920. The third kappa shape index (κ3) is 1.92. The van der Waals surface area contributed by atoms with E-state index in [1.165, 1.54) is 0 Å². The molecule has 8 heavy (non-hydrogen) atoms. The van der Waals surface area contributed by atoms with E-state index in [1.54, 1.807) is 0 Å². The van der Waals surface area contributed by atoms with Gasteiger partial charge in [-0.05, 0) is 0 Å². The van der Waals surface area contributed by atoms with Crippen molar-refractivity contribution in [2.24, 2.45) is 0 Å². The third-order valence-electron chi connectivity index (χ3n) is 0.491. The highest BCUT2D eigenvalue weighted by atomic mass is 35.5. The topological polar surface area (TPSA) is 63.6 Å². The molecule has 6 heteroatoms. The van der Waals surface area contributed by atoms with Gasteiger partial charge in [0.25, 0.3) is 0 Å². The Kier molecular flexibility index (Phi) is 2.63. The SMILES string of the molecule is CC(=O)P(=O)(O)OCl. The summed E-state index contributed by atoms with van der Waals surface area (Å²) in [6, 6.07) is 0. The Morgan fingerprint density at radius 1 is 1.88 bits per heavy atom. The Bertz CT molecular complexity index is 143. The van der Waals surface area contributed by atoms with Crippen molar-refractivity contribution in [2.45, 2.75) is 6.92 Å². The first-order valence-electron chi connectivity index (χ1n) is 1.65. The lowest BCUT2D eigenvalue weighted by Crippen LogP contribution is -1.90. The standard InChI is InChI=1S/C2H4ClO4P/c1-2(4)8(5,6)7-3/h1H3,(H,5,6). The van der Waals surface area contributed by atoms with E-state index < -0.39 is 13.1 Å². The molecule has 1 unspecified atom stereocenters. The maximum Gasteiger partial charge on any atom is 0.410 e. The molecule has 0 saturated carbocycles. The molecule has 0 aromatic rings. The van der Waals surface area contributed by atoms with Crippen LogP contribution in [0.15, 0.2) is 0 Å². The third-order valence-corrected chi connectivity index (χ3v) is 2.04. The molecule has 1 atom stereocenters. The van der Waals surface area contributed by atoms with E-state index >= 15 is 0 Å². The predicted octanol–water partition coefficient (Wildman–Crippen LogP) is 0.889. The summed E-state index contributed by atoms with van der Waals surface area (Å²) in [4.78, 5) is 18.2. The molecule has 1 N–H and O–H groups in total. The average Bonchev–Trinajstić information content (AvgIpc) is 1.67. The minimum atomic E-state index is -4.12. The molecule has 0 saturated heterocycles. The van der Waals surface area contributed by atoms with Gasteiger partial charge >= 0.3 is 7.60 Å². The summed E-state index contributed by atoms with van der Waals surface area (Å²) in [5, 5.41) is 0. The minimum absolute atomic E-state index is 0.920. The van der Waals surface area contributed by atoms with Crippen molar-refractivity contribution in [3.63, 3.8) is 0 Å². The molecular formula is C2H4ClO4P. The van der Waals surface area contributed by atoms with Crippen molar-refractivity contribution >= 4 is 25.0 Å². The van der Waals surface area contributed by atoms with Gasteiger partial charge in [-0.25, -0.2) is 0 Å². The van der Waals surface area contributed by atoms with Crippen LogP contribution >= 0.6 is 19.5 Å².